The second-order valence-corrected chi connectivity index (χ2v) is 5.74. The van der Waals surface area contributed by atoms with E-state index in [-0.39, 0.29) is 18.1 Å². The van der Waals surface area contributed by atoms with Crippen LogP contribution in [-0.2, 0) is 19.8 Å². The van der Waals surface area contributed by atoms with E-state index in [1.54, 1.807) is 20.2 Å². The van der Waals surface area contributed by atoms with Crippen LogP contribution in [0.25, 0.3) is 0 Å². The lowest BCUT2D eigenvalue weighted by Gasteiger charge is -2.10. The summed E-state index contributed by atoms with van der Waals surface area (Å²) >= 11 is 0. The summed E-state index contributed by atoms with van der Waals surface area (Å²) in [5.74, 6) is -0.190. The molecule has 1 amide bonds. The van der Waals surface area contributed by atoms with Gasteiger partial charge >= 0.3 is 6.18 Å². The molecule has 142 valence electrons. The largest absolute Gasteiger partial charge is 0.489 e. The zero-order chi connectivity index (χ0) is 19.6. The summed E-state index contributed by atoms with van der Waals surface area (Å²) in [5, 5.41) is 10.3. The Bertz CT molecular complexity index is 962. The molecule has 0 saturated heterocycles. The molecule has 7 nitrogen and oxygen atoms in total. The number of anilines is 1. The summed E-state index contributed by atoms with van der Waals surface area (Å²) < 4.78 is 50.3. The number of alkyl halides is 3. The summed E-state index contributed by atoms with van der Waals surface area (Å²) in [6.45, 7) is 1.41. The molecule has 0 bridgehead atoms. The summed E-state index contributed by atoms with van der Waals surface area (Å²) in [6, 6.07) is 4.48. The highest BCUT2D eigenvalue weighted by atomic mass is 19.4. The first-order valence-electron chi connectivity index (χ1n) is 7.79. The van der Waals surface area contributed by atoms with Crippen LogP contribution >= 0.6 is 0 Å². The van der Waals surface area contributed by atoms with Crippen LogP contribution in [0.4, 0.5) is 18.9 Å². The third kappa shape index (κ3) is 4.27. The van der Waals surface area contributed by atoms with Gasteiger partial charge in [-0.05, 0) is 25.1 Å². The van der Waals surface area contributed by atoms with Crippen molar-refractivity contribution in [3.63, 3.8) is 0 Å². The fourth-order valence-electron chi connectivity index (χ4n) is 2.33. The number of amides is 1. The molecule has 3 rings (SSSR count). The van der Waals surface area contributed by atoms with E-state index in [2.05, 4.69) is 15.6 Å². The molecule has 0 aliphatic rings. The molecule has 0 unspecified atom stereocenters. The lowest BCUT2D eigenvalue weighted by Crippen LogP contribution is -2.15. The number of nitrogens with zero attached hydrogens (tertiary/aromatic N) is 3. The van der Waals surface area contributed by atoms with Crippen LogP contribution in [0.5, 0.6) is 5.75 Å². The normalized spacial score (nSPS) is 11.4. The lowest BCUT2D eigenvalue weighted by molar-refractivity contribution is -0.137. The van der Waals surface area contributed by atoms with Crippen molar-refractivity contribution in [1.82, 2.24) is 14.9 Å². The van der Waals surface area contributed by atoms with Crippen molar-refractivity contribution >= 4 is 11.6 Å². The number of halogens is 3. The Balaban J connectivity index is 1.74. The summed E-state index contributed by atoms with van der Waals surface area (Å²) in [4.78, 5) is 12.4. The average Bonchev–Trinajstić information content (AvgIpc) is 3.18. The van der Waals surface area contributed by atoms with Crippen molar-refractivity contribution in [2.75, 3.05) is 5.32 Å². The lowest BCUT2D eigenvalue weighted by atomic mass is 10.2. The first-order valence-corrected chi connectivity index (χ1v) is 7.79. The minimum Gasteiger partial charge on any atom is -0.489 e. The van der Waals surface area contributed by atoms with Gasteiger partial charge in [0.1, 0.15) is 18.1 Å². The highest BCUT2D eigenvalue weighted by molar-refractivity contribution is 6.03. The molecule has 0 atom stereocenters. The Labute approximate surface area is 151 Å². The van der Waals surface area contributed by atoms with Crippen molar-refractivity contribution < 1.29 is 27.2 Å². The number of carbonyl (C=O) groups excluding carboxylic acids is 1. The number of hydrogen-bond donors (Lipinski definition) is 1. The van der Waals surface area contributed by atoms with E-state index >= 15 is 0 Å². The van der Waals surface area contributed by atoms with E-state index in [1.165, 1.54) is 23.0 Å². The van der Waals surface area contributed by atoms with Gasteiger partial charge in [0.25, 0.3) is 5.91 Å². The van der Waals surface area contributed by atoms with Gasteiger partial charge in [-0.3, -0.25) is 9.48 Å². The molecule has 10 heteroatoms. The molecular formula is C17H15F3N4O3. The number of benzene rings is 1. The molecule has 1 aromatic carbocycles. The van der Waals surface area contributed by atoms with Crippen molar-refractivity contribution in [3.05, 3.63) is 59.2 Å². The maximum absolute atomic E-state index is 12.8. The van der Waals surface area contributed by atoms with Crippen LogP contribution in [-0.4, -0.2) is 20.8 Å². The molecule has 0 radical (unpaired) electrons. The predicted molar refractivity (Wildman–Crippen MR) is 88.2 cm³/mol. The summed E-state index contributed by atoms with van der Waals surface area (Å²) in [6.07, 6.45) is -1.41. The van der Waals surface area contributed by atoms with Gasteiger partial charge in [0, 0.05) is 13.2 Å². The van der Waals surface area contributed by atoms with Gasteiger partial charge in [-0.1, -0.05) is 11.2 Å². The number of aromatic nitrogens is 3. The van der Waals surface area contributed by atoms with Crippen molar-refractivity contribution in [1.29, 1.82) is 0 Å². The minimum atomic E-state index is -4.47. The Morgan fingerprint density at radius 2 is 2.15 bits per heavy atom. The highest BCUT2D eigenvalue weighted by Crippen LogP contribution is 2.31. The first kappa shape index (κ1) is 18.5. The van der Waals surface area contributed by atoms with E-state index in [0.29, 0.717) is 17.0 Å². The molecule has 27 heavy (non-hydrogen) atoms. The fraction of sp³-hybridized carbons (Fsp3) is 0.235. The van der Waals surface area contributed by atoms with Crippen molar-refractivity contribution in [3.8, 4) is 5.75 Å². The summed E-state index contributed by atoms with van der Waals surface area (Å²) in [5.41, 5.74) is -0.0263. The standard InChI is InChI=1S/C17H15F3N4O3/c1-10-14(9-26-13-5-3-4-11(6-13)17(18,19)20)15(23-27-10)16(25)22-12-7-21-24(2)8-12/h3-8H,9H2,1-2H3,(H,22,25). The van der Waals surface area contributed by atoms with Gasteiger partial charge in [0.15, 0.2) is 5.69 Å². The van der Waals surface area contributed by atoms with Crippen LogP contribution in [0.1, 0.15) is 27.4 Å². The van der Waals surface area contributed by atoms with Gasteiger partial charge in [0.05, 0.1) is 23.0 Å². The third-order valence-corrected chi connectivity index (χ3v) is 3.71. The predicted octanol–water partition coefficient (Wildman–Crippen LogP) is 3.57. The second kappa shape index (κ2) is 7.14. The Hall–Kier alpha value is -3.30. The number of hydrogen-bond acceptors (Lipinski definition) is 5. The van der Waals surface area contributed by atoms with E-state index in [1.807, 2.05) is 0 Å². The van der Waals surface area contributed by atoms with Crippen LogP contribution < -0.4 is 10.1 Å². The number of rotatable bonds is 5. The fourth-order valence-corrected chi connectivity index (χ4v) is 2.33. The number of carbonyl (C=O) groups is 1. The molecule has 1 N–H and O–H groups in total. The zero-order valence-corrected chi connectivity index (χ0v) is 14.4. The SMILES string of the molecule is Cc1onc(C(=O)Nc2cnn(C)c2)c1COc1cccc(C(F)(F)F)c1. The molecule has 0 fully saturated rings. The van der Waals surface area contributed by atoms with E-state index < -0.39 is 17.6 Å². The van der Waals surface area contributed by atoms with Crippen LogP contribution in [0, 0.1) is 6.92 Å². The molecule has 2 aromatic heterocycles. The Morgan fingerprint density at radius 1 is 1.37 bits per heavy atom. The molecule has 0 saturated carbocycles. The maximum Gasteiger partial charge on any atom is 0.416 e. The molecule has 0 aliphatic carbocycles. The van der Waals surface area contributed by atoms with Crippen LogP contribution in [0.15, 0.2) is 41.2 Å². The zero-order valence-electron chi connectivity index (χ0n) is 14.4. The quantitative estimate of drug-likeness (QED) is 0.732. The number of aryl methyl sites for hydroxylation is 2. The highest BCUT2D eigenvalue weighted by Gasteiger charge is 2.30. The van der Waals surface area contributed by atoms with Crippen LogP contribution in [0.3, 0.4) is 0 Å². The summed E-state index contributed by atoms with van der Waals surface area (Å²) in [7, 11) is 1.70. The maximum atomic E-state index is 12.8. The van der Waals surface area contributed by atoms with E-state index in [4.69, 9.17) is 9.26 Å². The smallest absolute Gasteiger partial charge is 0.416 e. The van der Waals surface area contributed by atoms with Gasteiger partial charge in [-0.25, -0.2) is 0 Å². The second-order valence-electron chi connectivity index (χ2n) is 5.74. The molecule has 3 aromatic rings. The Morgan fingerprint density at radius 3 is 2.81 bits per heavy atom. The van der Waals surface area contributed by atoms with Crippen molar-refractivity contribution in [2.24, 2.45) is 7.05 Å². The third-order valence-electron chi connectivity index (χ3n) is 3.71. The van der Waals surface area contributed by atoms with E-state index in [0.717, 1.165) is 12.1 Å². The molecular weight excluding hydrogens is 365 g/mol. The number of nitrogens with one attached hydrogen (secondary N) is 1. The molecule has 2 heterocycles. The van der Waals surface area contributed by atoms with Gasteiger partial charge in [-0.2, -0.15) is 18.3 Å². The van der Waals surface area contributed by atoms with Crippen LogP contribution in [0.2, 0.25) is 0 Å². The molecule has 0 aliphatic heterocycles. The number of ether oxygens (including phenoxy) is 1. The van der Waals surface area contributed by atoms with Gasteiger partial charge in [0.2, 0.25) is 0 Å². The average molecular weight is 380 g/mol. The van der Waals surface area contributed by atoms with Crippen molar-refractivity contribution in [2.45, 2.75) is 19.7 Å². The van der Waals surface area contributed by atoms with Gasteiger partial charge < -0.3 is 14.6 Å². The van der Waals surface area contributed by atoms with Gasteiger partial charge in [-0.15, -0.1) is 0 Å². The topological polar surface area (TPSA) is 82.2 Å². The first-order chi connectivity index (χ1) is 12.7. The monoisotopic (exact) mass is 380 g/mol. The Kier molecular flexibility index (Phi) is 4.89. The minimum absolute atomic E-state index is 0.0108. The molecule has 0 spiro atoms. The van der Waals surface area contributed by atoms with E-state index in [9.17, 15) is 18.0 Å².